The Bertz CT molecular complexity index is 1570. The van der Waals surface area contributed by atoms with Crippen LogP contribution < -0.4 is 14.5 Å². The van der Waals surface area contributed by atoms with Gasteiger partial charge < -0.3 is 23.6 Å². The molecule has 5 nitrogen and oxygen atoms in total. The van der Waals surface area contributed by atoms with Gasteiger partial charge in [-0.15, -0.1) is 0 Å². The Balaban J connectivity index is 1.30. The van der Waals surface area contributed by atoms with Crippen LogP contribution in [0.4, 0.5) is 11.4 Å². The standard InChI is InChI=1S/C34H31N5/c1-27-13-15-31(33(21-27)38-19-17-36(25-38)23-29-9-5-3-6-10-29)35-32-16-14-28(2)22-34(32)39-20-18-37(26-39)24-30-11-7-4-8-12-30/h3-22,35H,23-24H2,1-2H3. The SMILES string of the molecule is Cc1ccc(Nc2ccc(C)cc2-[n+]2[c-]n(Cc3ccccc3)cc2)c(-[n+]2[c-]n(Cc3ccccc3)cc2)c1. The van der Waals surface area contributed by atoms with Crippen LogP contribution in [0, 0.1) is 26.5 Å². The van der Waals surface area contributed by atoms with Gasteiger partial charge in [-0.1, -0.05) is 96.1 Å². The third kappa shape index (κ3) is 5.68. The van der Waals surface area contributed by atoms with Crippen molar-refractivity contribution >= 4 is 11.4 Å². The molecule has 2 aromatic heterocycles. The second kappa shape index (κ2) is 10.8. The predicted molar refractivity (Wildman–Crippen MR) is 153 cm³/mol. The van der Waals surface area contributed by atoms with Gasteiger partial charge in [-0.05, 0) is 37.1 Å². The highest BCUT2D eigenvalue weighted by molar-refractivity contribution is 5.71. The quantitative estimate of drug-likeness (QED) is 0.201. The molecule has 0 aliphatic carbocycles. The Labute approximate surface area is 229 Å². The molecule has 0 atom stereocenters. The molecule has 6 aromatic rings. The van der Waals surface area contributed by atoms with E-state index in [0.29, 0.717) is 0 Å². The molecular weight excluding hydrogens is 478 g/mol. The van der Waals surface area contributed by atoms with E-state index in [1.54, 1.807) is 0 Å². The summed E-state index contributed by atoms with van der Waals surface area (Å²) in [6.45, 7) is 5.78. The highest BCUT2D eigenvalue weighted by Crippen LogP contribution is 2.26. The van der Waals surface area contributed by atoms with Crippen molar-refractivity contribution in [2.75, 3.05) is 5.32 Å². The summed E-state index contributed by atoms with van der Waals surface area (Å²) in [6.07, 6.45) is 15.2. The molecule has 1 N–H and O–H groups in total. The lowest BCUT2D eigenvalue weighted by atomic mass is 10.1. The van der Waals surface area contributed by atoms with E-state index in [1.807, 2.05) is 12.1 Å². The summed E-state index contributed by atoms with van der Waals surface area (Å²) < 4.78 is 8.28. The minimum atomic E-state index is 0.775. The first-order valence-corrected chi connectivity index (χ1v) is 13.2. The number of imidazole rings is 2. The smallest absolute Gasteiger partial charge is 0.243 e. The molecular formula is C34H31N5. The zero-order valence-corrected chi connectivity index (χ0v) is 22.3. The molecule has 0 saturated heterocycles. The fraction of sp³-hybridized carbons (Fsp3) is 0.118. The second-order valence-corrected chi connectivity index (χ2v) is 9.93. The van der Waals surface area contributed by atoms with Crippen LogP contribution >= 0.6 is 0 Å². The Morgan fingerprint density at radius 3 is 1.46 bits per heavy atom. The van der Waals surface area contributed by atoms with Crippen molar-refractivity contribution in [1.82, 2.24) is 9.13 Å². The lowest BCUT2D eigenvalue weighted by Gasteiger charge is -2.18. The highest BCUT2D eigenvalue weighted by Gasteiger charge is 2.11. The fourth-order valence-corrected chi connectivity index (χ4v) is 4.75. The van der Waals surface area contributed by atoms with Crippen molar-refractivity contribution in [2.45, 2.75) is 26.9 Å². The number of nitrogens with one attached hydrogen (secondary N) is 1. The Hall–Kier alpha value is -4.90. The summed E-state index contributed by atoms with van der Waals surface area (Å²) in [6, 6.07) is 33.8. The maximum Gasteiger partial charge on any atom is 0.243 e. The number of rotatable bonds is 8. The van der Waals surface area contributed by atoms with E-state index in [2.05, 4.69) is 160 Å². The van der Waals surface area contributed by atoms with Crippen molar-refractivity contribution in [1.29, 1.82) is 0 Å². The van der Waals surface area contributed by atoms with Crippen LogP contribution in [-0.2, 0) is 13.1 Å². The largest absolute Gasteiger partial charge is 0.364 e. The van der Waals surface area contributed by atoms with Gasteiger partial charge in [0.05, 0.1) is 24.5 Å². The molecule has 0 aliphatic rings. The van der Waals surface area contributed by atoms with Gasteiger partial charge in [0.15, 0.2) is 0 Å². The monoisotopic (exact) mass is 509 g/mol. The van der Waals surface area contributed by atoms with Gasteiger partial charge in [-0.25, -0.2) is 0 Å². The summed E-state index contributed by atoms with van der Waals surface area (Å²) in [5.41, 5.74) is 8.98. The van der Waals surface area contributed by atoms with E-state index in [9.17, 15) is 0 Å². The molecule has 192 valence electrons. The third-order valence-electron chi connectivity index (χ3n) is 6.75. The number of anilines is 2. The molecule has 0 aliphatic heterocycles. The normalized spacial score (nSPS) is 11.0. The first-order chi connectivity index (χ1) is 19.1. The fourth-order valence-electron chi connectivity index (χ4n) is 4.75. The van der Waals surface area contributed by atoms with Crippen LogP contribution in [0.25, 0.3) is 11.4 Å². The van der Waals surface area contributed by atoms with Crippen LogP contribution in [0.5, 0.6) is 0 Å². The molecule has 0 spiro atoms. The molecule has 4 aromatic carbocycles. The van der Waals surface area contributed by atoms with Crippen molar-refractivity contribution in [2.24, 2.45) is 0 Å². The molecule has 0 saturated carbocycles. The lowest BCUT2D eigenvalue weighted by Crippen LogP contribution is -2.31. The number of aryl methyl sites for hydroxylation is 2. The Kier molecular flexibility index (Phi) is 6.79. The summed E-state index contributed by atoms with van der Waals surface area (Å²) >= 11 is 0. The number of nitrogens with zero attached hydrogens (tertiary/aromatic N) is 4. The van der Waals surface area contributed by atoms with Crippen LogP contribution in [0.3, 0.4) is 0 Å². The van der Waals surface area contributed by atoms with E-state index >= 15 is 0 Å². The second-order valence-electron chi connectivity index (χ2n) is 9.93. The first-order valence-electron chi connectivity index (χ1n) is 13.2. The van der Waals surface area contributed by atoms with E-state index in [0.717, 1.165) is 35.8 Å². The number of aromatic nitrogens is 4. The van der Waals surface area contributed by atoms with Crippen LogP contribution in [-0.4, -0.2) is 9.13 Å². The summed E-state index contributed by atoms with van der Waals surface area (Å²) in [5.74, 6) is 0. The van der Waals surface area contributed by atoms with E-state index in [4.69, 9.17) is 0 Å². The van der Waals surface area contributed by atoms with Gasteiger partial charge in [0.2, 0.25) is 12.7 Å². The molecule has 0 bridgehead atoms. The molecule has 0 radical (unpaired) electrons. The molecule has 0 unspecified atom stereocenters. The molecule has 0 amide bonds. The number of hydrogen-bond donors (Lipinski definition) is 1. The maximum atomic E-state index is 3.71. The molecule has 6 rings (SSSR count). The number of benzene rings is 4. The zero-order chi connectivity index (χ0) is 26.6. The highest BCUT2D eigenvalue weighted by atomic mass is 15.1. The summed E-state index contributed by atoms with van der Waals surface area (Å²) in [5, 5.41) is 3.71. The Morgan fingerprint density at radius 1 is 0.590 bits per heavy atom. The van der Waals surface area contributed by atoms with E-state index < -0.39 is 0 Å². The molecule has 39 heavy (non-hydrogen) atoms. The Morgan fingerprint density at radius 2 is 1.03 bits per heavy atom. The van der Waals surface area contributed by atoms with Gasteiger partial charge in [0.25, 0.3) is 0 Å². The third-order valence-corrected chi connectivity index (χ3v) is 6.75. The zero-order valence-electron chi connectivity index (χ0n) is 22.3. The van der Waals surface area contributed by atoms with Gasteiger partial charge in [0, 0.05) is 36.2 Å². The van der Waals surface area contributed by atoms with Gasteiger partial charge >= 0.3 is 0 Å². The van der Waals surface area contributed by atoms with E-state index in [1.165, 1.54) is 22.3 Å². The average molecular weight is 510 g/mol. The van der Waals surface area contributed by atoms with Gasteiger partial charge in [-0.3, -0.25) is 0 Å². The van der Waals surface area contributed by atoms with Crippen molar-refractivity contribution < 1.29 is 9.13 Å². The average Bonchev–Trinajstić information content (AvgIpc) is 3.62. The summed E-state index contributed by atoms with van der Waals surface area (Å²) in [4.78, 5) is 0. The molecule has 0 fully saturated rings. The van der Waals surface area contributed by atoms with Crippen molar-refractivity contribution in [3.63, 3.8) is 0 Å². The van der Waals surface area contributed by atoms with Crippen molar-refractivity contribution in [3.05, 3.63) is 157 Å². The van der Waals surface area contributed by atoms with Gasteiger partial charge in [0.1, 0.15) is 0 Å². The van der Waals surface area contributed by atoms with Crippen LogP contribution in [0.2, 0.25) is 0 Å². The molecule has 5 heteroatoms. The lowest BCUT2D eigenvalue weighted by molar-refractivity contribution is -0.599. The topological polar surface area (TPSA) is 29.6 Å². The van der Waals surface area contributed by atoms with Crippen LogP contribution in [0.15, 0.2) is 122 Å². The predicted octanol–water partition coefficient (Wildman–Crippen LogP) is 5.90. The summed E-state index contributed by atoms with van der Waals surface area (Å²) in [7, 11) is 0. The minimum Gasteiger partial charge on any atom is -0.364 e. The minimum absolute atomic E-state index is 0.775. The van der Waals surface area contributed by atoms with Crippen LogP contribution in [0.1, 0.15) is 22.3 Å². The molecule has 2 heterocycles. The maximum absolute atomic E-state index is 3.71. The van der Waals surface area contributed by atoms with E-state index in [-0.39, 0.29) is 0 Å². The van der Waals surface area contributed by atoms with Crippen molar-refractivity contribution in [3.8, 4) is 11.4 Å². The van der Waals surface area contributed by atoms with Gasteiger partial charge in [-0.2, -0.15) is 0 Å². The first kappa shape index (κ1) is 24.4. The number of hydrogen-bond acceptors (Lipinski definition) is 1.